The Balaban J connectivity index is 2.17. The molecule has 1 atom stereocenters. The lowest BCUT2D eigenvalue weighted by Gasteiger charge is -2.19. The minimum absolute atomic E-state index is 0.0950. The molecule has 0 heterocycles. The molecular formula is C18H21Cl2NO3. The van der Waals surface area contributed by atoms with Crippen molar-refractivity contribution in [3.63, 3.8) is 0 Å². The first-order valence-corrected chi connectivity index (χ1v) is 8.23. The molecule has 4 nitrogen and oxygen atoms in total. The molecular weight excluding hydrogens is 349 g/mol. The molecule has 0 aliphatic heterocycles. The highest BCUT2D eigenvalue weighted by Crippen LogP contribution is 2.39. The molecule has 1 N–H and O–H groups in total. The Labute approximate surface area is 152 Å². The van der Waals surface area contributed by atoms with Gasteiger partial charge in [0.25, 0.3) is 0 Å². The van der Waals surface area contributed by atoms with Gasteiger partial charge >= 0.3 is 0 Å². The van der Waals surface area contributed by atoms with Crippen LogP contribution in [0.2, 0.25) is 10.0 Å². The average molecular weight is 370 g/mol. The van der Waals surface area contributed by atoms with Crippen LogP contribution in [-0.4, -0.2) is 21.3 Å². The summed E-state index contributed by atoms with van der Waals surface area (Å²) in [5.74, 6) is 1.88. The maximum Gasteiger partial charge on any atom is 0.203 e. The Morgan fingerprint density at radius 1 is 0.917 bits per heavy atom. The predicted molar refractivity (Wildman–Crippen MR) is 97.8 cm³/mol. The summed E-state index contributed by atoms with van der Waals surface area (Å²) in [4.78, 5) is 0. The topological polar surface area (TPSA) is 39.7 Å². The summed E-state index contributed by atoms with van der Waals surface area (Å²) in [6.45, 7) is 2.66. The highest BCUT2D eigenvalue weighted by atomic mass is 35.5. The van der Waals surface area contributed by atoms with Gasteiger partial charge in [-0.2, -0.15) is 0 Å². The molecule has 0 fully saturated rings. The molecule has 0 amide bonds. The van der Waals surface area contributed by atoms with E-state index in [0.717, 1.165) is 11.1 Å². The first kappa shape index (κ1) is 18.7. The SMILES string of the molecule is COc1ccc(CN[C@@H](C)c2ccc(Cl)c(Cl)c2)c(OC)c1OC. The van der Waals surface area contributed by atoms with Crippen LogP contribution in [0.5, 0.6) is 17.2 Å². The molecule has 0 saturated carbocycles. The maximum atomic E-state index is 6.09. The zero-order valence-electron chi connectivity index (χ0n) is 14.2. The average Bonchev–Trinajstić information content (AvgIpc) is 2.60. The van der Waals surface area contributed by atoms with Gasteiger partial charge in [-0.25, -0.2) is 0 Å². The lowest BCUT2D eigenvalue weighted by atomic mass is 10.1. The van der Waals surface area contributed by atoms with E-state index in [4.69, 9.17) is 37.4 Å². The van der Waals surface area contributed by atoms with E-state index in [1.54, 1.807) is 27.4 Å². The quantitative estimate of drug-likeness (QED) is 0.755. The minimum atomic E-state index is 0.0950. The van der Waals surface area contributed by atoms with Gasteiger partial charge in [0.1, 0.15) is 0 Å². The summed E-state index contributed by atoms with van der Waals surface area (Å²) in [6.07, 6.45) is 0. The van der Waals surface area contributed by atoms with E-state index < -0.39 is 0 Å². The summed E-state index contributed by atoms with van der Waals surface area (Å²) in [5, 5.41) is 4.55. The molecule has 0 unspecified atom stereocenters. The van der Waals surface area contributed by atoms with Gasteiger partial charge in [-0.1, -0.05) is 35.3 Å². The Kier molecular flexibility index (Phi) is 6.60. The molecule has 0 saturated heterocycles. The van der Waals surface area contributed by atoms with E-state index in [0.29, 0.717) is 33.8 Å². The normalized spacial score (nSPS) is 11.9. The third-order valence-electron chi connectivity index (χ3n) is 3.83. The van der Waals surface area contributed by atoms with Crippen molar-refractivity contribution >= 4 is 23.2 Å². The Morgan fingerprint density at radius 3 is 2.21 bits per heavy atom. The summed E-state index contributed by atoms with van der Waals surface area (Å²) in [6, 6.07) is 9.54. The van der Waals surface area contributed by atoms with Gasteiger partial charge in [0.2, 0.25) is 5.75 Å². The largest absolute Gasteiger partial charge is 0.493 e. The number of halogens is 2. The molecule has 0 spiro atoms. The second-order valence-corrected chi connectivity index (χ2v) is 6.08. The van der Waals surface area contributed by atoms with Crippen LogP contribution >= 0.6 is 23.2 Å². The van der Waals surface area contributed by atoms with E-state index in [2.05, 4.69) is 12.2 Å². The second-order valence-electron chi connectivity index (χ2n) is 5.27. The summed E-state index contributed by atoms with van der Waals surface area (Å²) < 4.78 is 16.2. The van der Waals surface area contributed by atoms with Crippen molar-refractivity contribution in [3.8, 4) is 17.2 Å². The molecule has 24 heavy (non-hydrogen) atoms. The zero-order valence-corrected chi connectivity index (χ0v) is 15.7. The van der Waals surface area contributed by atoms with Crippen molar-refractivity contribution in [2.45, 2.75) is 19.5 Å². The Hall–Kier alpha value is -1.62. The van der Waals surface area contributed by atoms with Crippen molar-refractivity contribution in [3.05, 3.63) is 51.5 Å². The van der Waals surface area contributed by atoms with Gasteiger partial charge in [-0.05, 0) is 30.7 Å². The Morgan fingerprint density at radius 2 is 1.62 bits per heavy atom. The monoisotopic (exact) mass is 369 g/mol. The molecule has 0 radical (unpaired) electrons. The van der Waals surface area contributed by atoms with Gasteiger partial charge < -0.3 is 19.5 Å². The lowest BCUT2D eigenvalue weighted by molar-refractivity contribution is 0.321. The minimum Gasteiger partial charge on any atom is -0.493 e. The van der Waals surface area contributed by atoms with E-state index in [1.165, 1.54) is 0 Å². The van der Waals surface area contributed by atoms with Crippen molar-refractivity contribution < 1.29 is 14.2 Å². The van der Waals surface area contributed by atoms with Crippen LogP contribution in [0.15, 0.2) is 30.3 Å². The predicted octanol–water partition coefficient (Wildman–Crippen LogP) is 4.87. The van der Waals surface area contributed by atoms with Gasteiger partial charge in [0.05, 0.1) is 31.4 Å². The number of rotatable bonds is 7. The Bertz CT molecular complexity index is 707. The smallest absolute Gasteiger partial charge is 0.203 e. The molecule has 0 aromatic heterocycles. The molecule has 2 aromatic carbocycles. The lowest BCUT2D eigenvalue weighted by Crippen LogP contribution is -2.18. The van der Waals surface area contributed by atoms with Crippen LogP contribution in [0.1, 0.15) is 24.1 Å². The van der Waals surface area contributed by atoms with Crippen molar-refractivity contribution in [1.29, 1.82) is 0 Å². The number of benzene rings is 2. The number of nitrogens with one attached hydrogen (secondary N) is 1. The highest BCUT2D eigenvalue weighted by Gasteiger charge is 2.16. The fourth-order valence-corrected chi connectivity index (χ4v) is 2.77. The highest BCUT2D eigenvalue weighted by molar-refractivity contribution is 6.42. The standard InChI is InChI=1S/C18H21Cl2NO3/c1-11(12-5-7-14(19)15(20)9-12)21-10-13-6-8-16(22-2)18(24-4)17(13)23-3/h5-9,11,21H,10H2,1-4H3/t11-/m0/s1. The van der Waals surface area contributed by atoms with Crippen LogP contribution in [0.4, 0.5) is 0 Å². The zero-order chi connectivity index (χ0) is 17.7. The second kappa shape index (κ2) is 8.47. The van der Waals surface area contributed by atoms with Gasteiger partial charge in [-0.3, -0.25) is 0 Å². The van der Waals surface area contributed by atoms with Crippen molar-refractivity contribution in [2.24, 2.45) is 0 Å². The van der Waals surface area contributed by atoms with Gasteiger partial charge in [0.15, 0.2) is 11.5 Å². The summed E-state index contributed by atoms with van der Waals surface area (Å²) in [5.41, 5.74) is 2.03. The first-order chi connectivity index (χ1) is 11.5. The number of hydrogen-bond acceptors (Lipinski definition) is 4. The number of hydrogen-bond donors (Lipinski definition) is 1. The fourth-order valence-electron chi connectivity index (χ4n) is 2.47. The van der Waals surface area contributed by atoms with E-state index in [-0.39, 0.29) is 6.04 Å². The third-order valence-corrected chi connectivity index (χ3v) is 4.57. The maximum absolute atomic E-state index is 6.09. The van der Waals surface area contributed by atoms with Crippen LogP contribution in [0.25, 0.3) is 0 Å². The molecule has 2 aromatic rings. The van der Waals surface area contributed by atoms with Crippen LogP contribution in [0, 0.1) is 0 Å². The molecule has 130 valence electrons. The number of methoxy groups -OCH3 is 3. The summed E-state index contributed by atoms with van der Waals surface area (Å²) in [7, 11) is 4.81. The van der Waals surface area contributed by atoms with Crippen LogP contribution in [0.3, 0.4) is 0 Å². The summed E-state index contributed by atoms with van der Waals surface area (Å²) >= 11 is 12.1. The van der Waals surface area contributed by atoms with E-state index in [9.17, 15) is 0 Å². The molecule has 0 aliphatic carbocycles. The van der Waals surface area contributed by atoms with Crippen LogP contribution in [-0.2, 0) is 6.54 Å². The van der Waals surface area contributed by atoms with E-state index >= 15 is 0 Å². The third kappa shape index (κ3) is 4.07. The van der Waals surface area contributed by atoms with Crippen LogP contribution < -0.4 is 19.5 Å². The fraction of sp³-hybridized carbons (Fsp3) is 0.333. The molecule has 0 aliphatic rings. The molecule has 0 bridgehead atoms. The molecule has 2 rings (SSSR count). The number of ether oxygens (including phenoxy) is 3. The van der Waals surface area contributed by atoms with Gasteiger partial charge in [-0.15, -0.1) is 0 Å². The molecule has 6 heteroatoms. The first-order valence-electron chi connectivity index (χ1n) is 7.48. The van der Waals surface area contributed by atoms with Gasteiger partial charge in [0, 0.05) is 18.2 Å². The van der Waals surface area contributed by atoms with Crippen molar-refractivity contribution in [1.82, 2.24) is 5.32 Å². The van der Waals surface area contributed by atoms with E-state index in [1.807, 2.05) is 24.3 Å². The van der Waals surface area contributed by atoms with Crippen molar-refractivity contribution in [2.75, 3.05) is 21.3 Å².